The fourth-order valence-corrected chi connectivity index (χ4v) is 1.80. The first kappa shape index (κ1) is 16.0. The zero-order chi connectivity index (χ0) is 14.4. The molecule has 19 heavy (non-hydrogen) atoms. The zero-order valence-corrected chi connectivity index (χ0v) is 11.7. The number of nitrogens with one attached hydrogen (secondary N) is 1. The van der Waals surface area contributed by atoms with Crippen molar-refractivity contribution >= 4 is 34.6 Å². The molecule has 0 saturated carbocycles. The van der Waals surface area contributed by atoms with Crippen LogP contribution in [0.2, 0.25) is 10.0 Å². The molecule has 0 aromatic heterocycles. The molecule has 0 radical (unpaired) electrons. The molecule has 0 spiro atoms. The fraction of sp³-hybridized carbons (Fsp3) is 0.455. The summed E-state index contributed by atoms with van der Waals surface area (Å²) in [7, 11) is 1.49. The second-order valence-electron chi connectivity index (χ2n) is 3.87. The normalized spacial score (nSPS) is 12.2. The highest BCUT2D eigenvalue weighted by Gasteiger charge is 2.17. The molecule has 6 nitrogen and oxygen atoms in total. The quantitative estimate of drug-likeness (QED) is 0.597. The summed E-state index contributed by atoms with van der Waals surface area (Å²) < 4.78 is 4.78. The molecule has 1 rings (SSSR count). The van der Waals surface area contributed by atoms with E-state index in [0.29, 0.717) is 13.0 Å². The van der Waals surface area contributed by atoms with E-state index in [9.17, 15) is 15.2 Å². The average molecular weight is 309 g/mol. The van der Waals surface area contributed by atoms with E-state index < -0.39 is 11.0 Å². The van der Waals surface area contributed by atoms with Gasteiger partial charge in [0.1, 0.15) is 5.69 Å². The van der Waals surface area contributed by atoms with Gasteiger partial charge in [-0.25, -0.2) is 0 Å². The minimum absolute atomic E-state index is 0.123. The average Bonchev–Trinajstić information content (AvgIpc) is 2.33. The number of hydrogen-bond donors (Lipinski definition) is 2. The largest absolute Gasteiger partial charge is 0.391 e. The number of ether oxygens (including phenoxy) is 1. The lowest BCUT2D eigenvalue weighted by atomic mass is 10.2. The Morgan fingerprint density at radius 3 is 2.68 bits per heavy atom. The van der Waals surface area contributed by atoms with Gasteiger partial charge in [-0.05, 0) is 12.5 Å². The summed E-state index contributed by atoms with van der Waals surface area (Å²) in [5.74, 6) is 0. The van der Waals surface area contributed by atoms with Crippen LogP contribution < -0.4 is 5.32 Å². The predicted octanol–water partition coefficient (Wildman–Crippen LogP) is 2.71. The Kier molecular flexibility index (Phi) is 6.30. The van der Waals surface area contributed by atoms with Crippen molar-refractivity contribution in [2.45, 2.75) is 12.5 Å². The summed E-state index contributed by atoms with van der Waals surface area (Å²) in [5.41, 5.74) is 0.111. The van der Waals surface area contributed by atoms with E-state index in [4.69, 9.17) is 27.9 Å². The predicted molar refractivity (Wildman–Crippen MR) is 74.1 cm³/mol. The number of methoxy groups -OCH3 is 1. The number of nitrogens with zero attached hydrogens (tertiary/aromatic N) is 1. The van der Waals surface area contributed by atoms with E-state index in [2.05, 4.69) is 5.32 Å². The molecule has 1 atom stereocenters. The van der Waals surface area contributed by atoms with Crippen LogP contribution in [0.25, 0.3) is 0 Å². The van der Waals surface area contributed by atoms with Gasteiger partial charge in [-0.15, -0.1) is 0 Å². The lowest BCUT2D eigenvalue weighted by Crippen LogP contribution is -2.18. The lowest BCUT2D eigenvalue weighted by Gasteiger charge is -2.11. The van der Waals surface area contributed by atoms with Crippen LogP contribution in [0, 0.1) is 10.1 Å². The molecule has 1 aromatic carbocycles. The van der Waals surface area contributed by atoms with Gasteiger partial charge in [-0.3, -0.25) is 10.1 Å². The molecular weight excluding hydrogens is 295 g/mol. The third kappa shape index (κ3) is 4.83. The molecule has 1 unspecified atom stereocenters. The van der Waals surface area contributed by atoms with Crippen LogP contribution in [0.1, 0.15) is 6.42 Å². The van der Waals surface area contributed by atoms with Gasteiger partial charge >= 0.3 is 0 Å². The van der Waals surface area contributed by atoms with Crippen molar-refractivity contribution in [3.63, 3.8) is 0 Å². The Bertz CT molecular complexity index is 457. The Hall–Kier alpha value is -1.08. The molecule has 1 aromatic rings. The Labute approximate surface area is 120 Å². The van der Waals surface area contributed by atoms with Crippen molar-refractivity contribution in [3.8, 4) is 0 Å². The SMILES string of the molecule is COCC(O)CCNc1cc(Cl)c(Cl)cc1[N+](=O)[O-]. The van der Waals surface area contributed by atoms with Crippen LogP contribution in [0.5, 0.6) is 0 Å². The molecule has 0 saturated heterocycles. The topological polar surface area (TPSA) is 84.6 Å². The first-order valence-electron chi connectivity index (χ1n) is 5.50. The van der Waals surface area contributed by atoms with Crippen molar-refractivity contribution in [1.29, 1.82) is 0 Å². The molecule has 0 aliphatic heterocycles. The van der Waals surface area contributed by atoms with Crippen LogP contribution in [0.4, 0.5) is 11.4 Å². The van der Waals surface area contributed by atoms with Gasteiger partial charge in [0.25, 0.3) is 5.69 Å². The smallest absolute Gasteiger partial charge is 0.293 e. The number of benzene rings is 1. The Morgan fingerprint density at radius 2 is 2.11 bits per heavy atom. The van der Waals surface area contributed by atoms with Crippen molar-refractivity contribution in [3.05, 3.63) is 32.3 Å². The number of aliphatic hydroxyl groups is 1. The highest BCUT2D eigenvalue weighted by atomic mass is 35.5. The third-order valence-electron chi connectivity index (χ3n) is 2.39. The summed E-state index contributed by atoms with van der Waals surface area (Å²) in [6.45, 7) is 0.564. The molecule has 0 amide bonds. The summed E-state index contributed by atoms with van der Waals surface area (Å²) >= 11 is 11.6. The van der Waals surface area contributed by atoms with E-state index in [1.165, 1.54) is 19.2 Å². The van der Waals surface area contributed by atoms with E-state index in [-0.39, 0.29) is 28.0 Å². The summed E-state index contributed by atoms with van der Waals surface area (Å²) in [6, 6.07) is 2.59. The van der Waals surface area contributed by atoms with Crippen molar-refractivity contribution in [1.82, 2.24) is 0 Å². The van der Waals surface area contributed by atoms with E-state index in [1.807, 2.05) is 0 Å². The molecule has 8 heteroatoms. The lowest BCUT2D eigenvalue weighted by molar-refractivity contribution is -0.383. The van der Waals surface area contributed by atoms with Gasteiger partial charge in [-0.1, -0.05) is 23.2 Å². The van der Waals surface area contributed by atoms with Crippen LogP contribution in [-0.2, 0) is 4.74 Å². The van der Waals surface area contributed by atoms with Crippen molar-refractivity contribution in [2.24, 2.45) is 0 Å². The highest BCUT2D eigenvalue weighted by molar-refractivity contribution is 6.42. The second-order valence-corrected chi connectivity index (χ2v) is 4.68. The van der Waals surface area contributed by atoms with Gasteiger partial charge in [-0.2, -0.15) is 0 Å². The van der Waals surface area contributed by atoms with Crippen LogP contribution >= 0.6 is 23.2 Å². The molecule has 0 aliphatic carbocycles. The third-order valence-corrected chi connectivity index (χ3v) is 3.11. The first-order valence-corrected chi connectivity index (χ1v) is 6.25. The standard InChI is InChI=1S/C11H14Cl2N2O4/c1-19-6-7(16)2-3-14-10-4-8(12)9(13)5-11(10)15(17)18/h4-5,7,14,16H,2-3,6H2,1H3. The number of nitro benzene ring substituents is 1. The second kappa shape index (κ2) is 7.49. The van der Waals surface area contributed by atoms with Gasteiger partial charge in [0.2, 0.25) is 0 Å². The molecule has 106 valence electrons. The summed E-state index contributed by atoms with van der Waals surface area (Å²) in [5, 5.41) is 23.5. The van der Waals surface area contributed by atoms with Gasteiger partial charge in [0, 0.05) is 19.7 Å². The molecule has 0 bridgehead atoms. The maximum atomic E-state index is 10.9. The monoisotopic (exact) mass is 308 g/mol. The first-order chi connectivity index (χ1) is 8.95. The number of aliphatic hydroxyl groups excluding tert-OH is 1. The molecule has 0 aliphatic rings. The minimum atomic E-state index is -0.626. The van der Waals surface area contributed by atoms with E-state index in [1.54, 1.807) is 0 Å². The highest BCUT2D eigenvalue weighted by Crippen LogP contribution is 2.33. The maximum absolute atomic E-state index is 10.9. The van der Waals surface area contributed by atoms with Gasteiger partial charge in [0.15, 0.2) is 0 Å². The maximum Gasteiger partial charge on any atom is 0.293 e. The van der Waals surface area contributed by atoms with Gasteiger partial charge in [0.05, 0.1) is 27.7 Å². The molecule has 0 fully saturated rings. The summed E-state index contributed by atoms with van der Waals surface area (Å²) in [4.78, 5) is 10.3. The fourth-order valence-electron chi connectivity index (χ4n) is 1.48. The molecule has 0 heterocycles. The summed E-state index contributed by atoms with van der Waals surface area (Å²) in [6.07, 6.45) is -0.232. The van der Waals surface area contributed by atoms with Crippen LogP contribution in [0.3, 0.4) is 0 Å². The van der Waals surface area contributed by atoms with Crippen LogP contribution in [0.15, 0.2) is 12.1 Å². The van der Waals surface area contributed by atoms with Crippen molar-refractivity contribution in [2.75, 3.05) is 25.6 Å². The van der Waals surface area contributed by atoms with Gasteiger partial charge < -0.3 is 15.2 Å². The minimum Gasteiger partial charge on any atom is -0.391 e. The number of rotatable bonds is 7. The Morgan fingerprint density at radius 1 is 1.47 bits per heavy atom. The van der Waals surface area contributed by atoms with E-state index >= 15 is 0 Å². The number of anilines is 1. The van der Waals surface area contributed by atoms with E-state index in [0.717, 1.165) is 0 Å². The number of hydrogen-bond acceptors (Lipinski definition) is 5. The Balaban J connectivity index is 2.72. The zero-order valence-electron chi connectivity index (χ0n) is 10.2. The molecular formula is C11H14Cl2N2O4. The number of halogens is 2. The van der Waals surface area contributed by atoms with Crippen LogP contribution in [-0.4, -0.2) is 36.4 Å². The molecule has 2 N–H and O–H groups in total. The number of nitro groups is 1. The van der Waals surface area contributed by atoms with Crippen molar-refractivity contribution < 1.29 is 14.8 Å².